The zero-order chi connectivity index (χ0) is 24.5. The Morgan fingerprint density at radius 2 is 1.92 bits per heavy atom. The molecule has 5 heterocycles. The first kappa shape index (κ1) is 22.9. The lowest BCUT2D eigenvalue weighted by atomic mass is 9.86. The maximum Gasteiger partial charge on any atom is 0.178 e. The monoisotopic (exact) mass is 482 g/mol. The van der Waals surface area contributed by atoms with Gasteiger partial charge in [-0.05, 0) is 87.0 Å². The average Bonchev–Trinajstić information content (AvgIpc) is 3.58. The number of fused-ring (bicyclic) bond motifs is 1. The molecule has 4 N–H and O–H groups in total. The molecule has 2 aliphatic rings. The summed E-state index contributed by atoms with van der Waals surface area (Å²) in [5, 5.41) is 11.4. The fraction of sp³-hybridized carbons (Fsp3) is 0.393. The van der Waals surface area contributed by atoms with Gasteiger partial charge in [0.1, 0.15) is 18.0 Å². The maximum atomic E-state index is 6.72. The number of anilines is 3. The number of aromatic nitrogens is 4. The molecule has 2 fully saturated rings. The second-order valence-electron chi connectivity index (χ2n) is 10.1. The average molecular weight is 483 g/mol. The van der Waals surface area contributed by atoms with Crippen molar-refractivity contribution in [2.45, 2.75) is 44.7 Å². The molecular formula is C28H34N8. The highest BCUT2D eigenvalue weighted by atomic mass is 15.3. The molecule has 0 amide bonds. The second kappa shape index (κ2) is 9.87. The Balaban J connectivity index is 1.31. The molecule has 8 heteroatoms. The fourth-order valence-corrected chi connectivity index (χ4v) is 5.64. The summed E-state index contributed by atoms with van der Waals surface area (Å²) in [6.45, 7) is 5.41. The summed E-state index contributed by atoms with van der Waals surface area (Å²) in [7, 11) is 0. The first-order chi connectivity index (χ1) is 17.7. The van der Waals surface area contributed by atoms with E-state index < -0.39 is 0 Å². The molecule has 1 aromatic carbocycles. The number of rotatable bonds is 6. The number of pyridine rings is 2. The lowest BCUT2D eigenvalue weighted by molar-refractivity contribution is 0.322. The van der Waals surface area contributed by atoms with Crippen molar-refractivity contribution in [3.8, 4) is 11.1 Å². The third kappa shape index (κ3) is 4.54. The van der Waals surface area contributed by atoms with Crippen LogP contribution in [0.1, 0.15) is 44.2 Å². The van der Waals surface area contributed by atoms with Crippen LogP contribution in [0, 0.1) is 5.92 Å². The van der Waals surface area contributed by atoms with Crippen LogP contribution < -0.4 is 21.3 Å². The predicted molar refractivity (Wildman–Crippen MR) is 145 cm³/mol. The lowest BCUT2D eigenvalue weighted by Crippen LogP contribution is -2.33. The van der Waals surface area contributed by atoms with Crippen molar-refractivity contribution in [1.29, 1.82) is 0 Å². The SMILES string of the molecule is C[C@H]1CCCN1c1cccc(Nc2cc(-c3cccc(C(N)C4CCNCC4)c3)cn3ncnc23)n1. The quantitative estimate of drug-likeness (QED) is 0.372. The summed E-state index contributed by atoms with van der Waals surface area (Å²) in [4.78, 5) is 11.8. The molecule has 4 aromatic rings. The van der Waals surface area contributed by atoms with E-state index in [-0.39, 0.29) is 6.04 Å². The van der Waals surface area contributed by atoms with E-state index in [1.54, 1.807) is 6.33 Å². The van der Waals surface area contributed by atoms with Crippen molar-refractivity contribution in [3.05, 3.63) is 66.6 Å². The van der Waals surface area contributed by atoms with Crippen LogP contribution in [0.4, 0.5) is 17.3 Å². The Morgan fingerprint density at radius 1 is 1.06 bits per heavy atom. The standard InChI is InChI=1S/C28H34N8/c1-19-5-4-14-35(19)26-9-3-8-25(34-26)33-24-16-23(17-36-28(24)31-18-32-36)21-6-2-7-22(15-21)27(29)20-10-12-30-13-11-20/h2-3,6-9,15-20,27,30H,4-5,10-14,29H2,1H3,(H,33,34)/t19-,27?/m0/s1. The van der Waals surface area contributed by atoms with Crippen LogP contribution in [0.15, 0.2) is 61.1 Å². The summed E-state index contributed by atoms with van der Waals surface area (Å²) >= 11 is 0. The topological polar surface area (TPSA) is 96.4 Å². The molecule has 36 heavy (non-hydrogen) atoms. The lowest BCUT2D eigenvalue weighted by Gasteiger charge is -2.28. The summed E-state index contributed by atoms with van der Waals surface area (Å²) in [6.07, 6.45) is 8.27. The summed E-state index contributed by atoms with van der Waals surface area (Å²) in [6, 6.07) is 17.5. The van der Waals surface area contributed by atoms with Gasteiger partial charge in [0.15, 0.2) is 5.65 Å². The van der Waals surface area contributed by atoms with Crippen molar-refractivity contribution in [3.63, 3.8) is 0 Å². The molecule has 1 unspecified atom stereocenters. The Kier molecular flexibility index (Phi) is 6.29. The molecule has 6 rings (SSSR count). The number of nitrogens with zero attached hydrogens (tertiary/aromatic N) is 5. The molecule has 0 aliphatic carbocycles. The van der Waals surface area contributed by atoms with Gasteiger partial charge < -0.3 is 21.3 Å². The zero-order valence-corrected chi connectivity index (χ0v) is 20.8. The van der Waals surface area contributed by atoms with Gasteiger partial charge in [-0.1, -0.05) is 24.3 Å². The molecule has 3 aromatic heterocycles. The normalized spacial score (nSPS) is 19.6. The van der Waals surface area contributed by atoms with E-state index in [2.05, 4.69) is 75.0 Å². The van der Waals surface area contributed by atoms with Crippen LogP contribution in [-0.2, 0) is 0 Å². The number of benzene rings is 1. The number of nitrogens with two attached hydrogens (primary N) is 1. The van der Waals surface area contributed by atoms with E-state index >= 15 is 0 Å². The van der Waals surface area contributed by atoms with Gasteiger partial charge in [-0.25, -0.2) is 14.5 Å². The van der Waals surface area contributed by atoms with E-state index in [1.165, 1.54) is 18.4 Å². The third-order valence-corrected chi connectivity index (χ3v) is 7.72. The summed E-state index contributed by atoms with van der Waals surface area (Å²) in [5.74, 6) is 2.32. The van der Waals surface area contributed by atoms with Gasteiger partial charge in [-0.3, -0.25) is 0 Å². The highest BCUT2D eigenvalue weighted by Crippen LogP contribution is 2.32. The van der Waals surface area contributed by atoms with E-state index in [9.17, 15) is 0 Å². The van der Waals surface area contributed by atoms with Crippen molar-refractivity contribution in [2.75, 3.05) is 29.9 Å². The molecule has 186 valence electrons. The molecule has 2 saturated heterocycles. The highest BCUT2D eigenvalue weighted by Gasteiger charge is 2.23. The third-order valence-electron chi connectivity index (χ3n) is 7.72. The Hall–Kier alpha value is -3.49. The first-order valence-electron chi connectivity index (χ1n) is 13.1. The fourth-order valence-electron chi connectivity index (χ4n) is 5.64. The summed E-state index contributed by atoms with van der Waals surface area (Å²) in [5.41, 5.74) is 11.7. The van der Waals surface area contributed by atoms with E-state index in [0.717, 1.165) is 66.6 Å². The number of hydrogen-bond acceptors (Lipinski definition) is 7. The number of hydrogen-bond donors (Lipinski definition) is 3. The minimum Gasteiger partial charge on any atom is -0.354 e. The van der Waals surface area contributed by atoms with Gasteiger partial charge in [-0.2, -0.15) is 5.10 Å². The zero-order valence-electron chi connectivity index (χ0n) is 20.8. The molecule has 0 bridgehead atoms. The van der Waals surface area contributed by atoms with Crippen molar-refractivity contribution in [2.24, 2.45) is 11.7 Å². The molecule has 0 spiro atoms. The second-order valence-corrected chi connectivity index (χ2v) is 10.1. The van der Waals surface area contributed by atoms with Crippen molar-refractivity contribution in [1.82, 2.24) is 24.9 Å². The minimum absolute atomic E-state index is 0.0414. The Bertz CT molecular complexity index is 1340. The van der Waals surface area contributed by atoms with Crippen molar-refractivity contribution < 1.29 is 0 Å². The van der Waals surface area contributed by atoms with Crippen LogP contribution in [0.25, 0.3) is 16.8 Å². The van der Waals surface area contributed by atoms with Crippen LogP contribution in [0.5, 0.6) is 0 Å². The number of piperidine rings is 1. The van der Waals surface area contributed by atoms with E-state index in [1.807, 2.05) is 16.8 Å². The maximum absolute atomic E-state index is 6.72. The summed E-state index contributed by atoms with van der Waals surface area (Å²) < 4.78 is 1.82. The largest absolute Gasteiger partial charge is 0.354 e. The smallest absolute Gasteiger partial charge is 0.178 e. The highest BCUT2D eigenvalue weighted by molar-refractivity contribution is 5.79. The molecule has 2 atom stereocenters. The van der Waals surface area contributed by atoms with Gasteiger partial charge in [-0.15, -0.1) is 0 Å². The molecule has 0 saturated carbocycles. The Labute approximate surface area is 211 Å². The first-order valence-corrected chi connectivity index (χ1v) is 13.1. The van der Waals surface area contributed by atoms with E-state index in [0.29, 0.717) is 12.0 Å². The van der Waals surface area contributed by atoms with Gasteiger partial charge in [0, 0.05) is 30.4 Å². The van der Waals surface area contributed by atoms with E-state index in [4.69, 9.17) is 10.7 Å². The van der Waals surface area contributed by atoms with Crippen molar-refractivity contribution >= 4 is 23.0 Å². The molecule has 8 nitrogen and oxygen atoms in total. The van der Waals surface area contributed by atoms with Crippen LogP contribution in [0.3, 0.4) is 0 Å². The molecule has 0 radical (unpaired) electrons. The number of nitrogens with one attached hydrogen (secondary N) is 2. The molecular weight excluding hydrogens is 448 g/mol. The van der Waals surface area contributed by atoms with Gasteiger partial charge in [0.25, 0.3) is 0 Å². The van der Waals surface area contributed by atoms with Crippen LogP contribution in [0.2, 0.25) is 0 Å². The minimum atomic E-state index is 0.0414. The Morgan fingerprint density at radius 3 is 2.75 bits per heavy atom. The van der Waals surface area contributed by atoms with Crippen LogP contribution >= 0.6 is 0 Å². The van der Waals surface area contributed by atoms with Gasteiger partial charge >= 0.3 is 0 Å². The molecule has 2 aliphatic heterocycles. The van der Waals surface area contributed by atoms with Gasteiger partial charge in [0.2, 0.25) is 0 Å². The predicted octanol–water partition coefficient (Wildman–Crippen LogP) is 4.52. The van der Waals surface area contributed by atoms with Gasteiger partial charge in [0.05, 0.1) is 5.69 Å². The van der Waals surface area contributed by atoms with Crippen LogP contribution in [-0.4, -0.2) is 45.3 Å².